The minimum Gasteiger partial charge on any atom is -0.492 e. The van der Waals surface area contributed by atoms with Crippen LogP contribution in [0.1, 0.15) is 5.56 Å². The van der Waals surface area contributed by atoms with E-state index in [1.165, 1.54) is 5.56 Å². The fraction of sp³-hybridized carbons (Fsp3) is 0.381. The lowest BCUT2D eigenvalue weighted by Crippen LogP contribution is -2.48. The van der Waals surface area contributed by atoms with E-state index >= 15 is 0 Å². The Hall–Kier alpha value is -1.40. The van der Waals surface area contributed by atoms with Gasteiger partial charge in [-0.05, 0) is 30.2 Å². The van der Waals surface area contributed by atoms with Crippen LogP contribution >= 0.6 is 37.4 Å². The molecule has 28 heavy (non-hydrogen) atoms. The van der Waals surface area contributed by atoms with Crippen molar-refractivity contribution < 1.29 is 4.74 Å². The first kappa shape index (κ1) is 24.6. The maximum Gasteiger partial charge on any atom is 0.128 e. The molecule has 0 amide bonds. The highest BCUT2D eigenvalue weighted by Gasteiger charge is 2.20. The summed E-state index contributed by atoms with van der Waals surface area (Å²) in [5.74, 6) is 2.00. The monoisotopic (exact) mass is 441 g/mol. The summed E-state index contributed by atoms with van der Waals surface area (Å²) in [6, 6.07) is 14.2. The topological polar surface area (TPSA) is 28.6 Å². The van der Waals surface area contributed by atoms with Gasteiger partial charge in [-0.1, -0.05) is 30.3 Å². The van der Waals surface area contributed by atoms with Gasteiger partial charge in [-0.2, -0.15) is 12.6 Å². The molecule has 1 fully saturated rings. The molecule has 0 bridgehead atoms. The van der Waals surface area contributed by atoms with E-state index in [0.29, 0.717) is 6.61 Å². The van der Waals surface area contributed by atoms with Crippen LogP contribution in [-0.2, 0) is 6.42 Å². The number of benzene rings is 1. The quantitative estimate of drug-likeness (QED) is 0.491. The van der Waals surface area contributed by atoms with Crippen LogP contribution < -0.4 is 9.64 Å². The van der Waals surface area contributed by atoms with Crippen molar-refractivity contribution in [3.8, 4) is 5.75 Å². The highest BCUT2D eigenvalue weighted by Crippen LogP contribution is 2.20. The van der Waals surface area contributed by atoms with Crippen LogP contribution in [0.25, 0.3) is 0 Å². The van der Waals surface area contributed by atoms with E-state index in [9.17, 15) is 0 Å². The number of ether oxygens (including phenoxy) is 1. The standard InChI is InChI=1S/C21H27N3OS.2ClH/c1-2-7-18-8-3-4-9-20(18)25-17-19(26)16-23-12-14-24(15-13-23)21-10-5-6-11-22-21;;/h2-6,8-11,19,26H,1,7,12-17H2;2*1H. The zero-order valence-corrected chi connectivity index (χ0v) is 18.5. The average Bonchev–Trinajstić information content (AvgIpc) is 2.69. The number of allylic oxidation sites excluding steroid dienone is 1. The van der Waals surface area contributed by atoms with E-state index in [2.05, 4.69) is 33.5 Å². The molecule has 4 nitrogen and oxygen atoms in total. The summed E-state index contributed by atoms with van der Waals surface area (Å²) in [4.78, 5) is 9.23. The summed E-state index contributed by atoms with van der Waals surface area (Å²) in [5.41, 5.74) is 1.17. The Kier molecular flexibility index (Phi) is 11.4. The molecule has 1 aliphatic heterocycles. The summed E-state index contributed by atoms with van der Waals surface area (Å²) >= 11 is 4.74. The third-order valence-electron chi connectivity index (χ3n) is 4.58. The highest BCUT2D eigenvalue weighted by molar-refractivity contribution is 7.81. The van der Waals surface area contributed by atoms with Crippen LogP contribution in [0.3, 0.4) is 0 Å². The number of aromatic nitrogens is 1. The van der Waals surface area contributed by atoms with Crippen molar-refractivity contribution in [1.82, 2.24) is 9.88 Å². The fourth-order valence-corrected chi connectivity index (χ4v) is 3.51. The molecule has 0 saturated carbocycles. The van der Waals surface area contributed by atoms with Crippen molar-refractivity contribution in [3.63, 3.8) is 0 Å². The van der Waals surface area contributed by atoms with E-state index in [-0.39, 0.29) is 30.1 Å². The first-order valence-corrected chi connectivity index (χ1v) is 9.66. The molecule has 0 N–H and O–H groups in total. The van der Waals surface area contributed by atoms with E-state index < -0.39 is 0 Å². The second-order valence-corrected chi connectivity index (χ2v) is 7.27. The van der Waals surface area contributed by atoms with E-state index in [4.69, 9.17) is 17.4 Å². The number of nitrogens with zero attached hydrogens (tertiary/aromatic N) is 3. The maximum absolute atomic E-state index is 6.01. The normalized spacial score (nSPS) is 15.1. The molecule has 7 heteroatoms. The van der Waals surface area contributed by atoms with Gasteiger partial charge in [0.25, 0.3) is 0 Å². The first-order chi connectivity index (χ1) is 12.8. The van der Waals surface area contributed by atoms with Crippen molar-refractivity contribution in [1.29, 1.82) is 0 Å². The van der Waals surface area contributed by atoms with Crippen LogP contribution in [0.2, 0.25) is 0 Å². The zero-order chi connectivity index (χ0) is 18.2. The summed E-state index contributed by atoms with van der Waals surface area (Å²) in [6.07, 6.45) is 4.58. The second-order valence-electron chi connectivity index (χ2n) is 6.54. The predicted molar refractivity (Wildman–Crippen MR) is 126 cm³/mol. The van der Waals surface area contributed by atoms with Gasteiger partial charge in [0, 0.05) is 44.2 Å². The fourth-order valence-electron chi connectivity index (χ4n) is 3.21. The molecule has 1 atom stereocenters. The lowest BCUT2D eigenvalue weighted by Gasteiger charge is -2.36. The molecule has 1 aliphatic rings. The molecule has 2 heterocycles. The van der Waals surface area contributed by atoms with Crippen molar-refractivity contribution in [2.75, 3.05) is 44.2 Å². The molecule has 1 aromatic heterocycles. The van der Waals surface area contributed by atoms with Crippen molar-refractivity contribution in [2.24, 2.45) is 0 Å². The third-order valence-corrected chi connectivity index (χ3v) is 4.89. The van der Waals surface area contributed by atoms with E-state index in [1.54, 1.807) is 0 Å². The molecule has 0 radical (unpaired) electrons. The Morgan fingerprint density at radius 2 is 1.79 bits per heavy atom. The van der Waals surface area contributed by atoms with Crippen LogP contribution in [0.5, 0.6) is 5.75 Å². The lowest BCUT2D eigenvalue weighted by molar-refractivity contribution is 0.229. The Labute approximate surface area is 186 Å². The molecule has 1 unspecified atom stereocenters. The number of hydrogen-bond donors (Lipinski definition) is 1. The lowest BCUT2D eigenvalue weighted by atomic mass is 10.1. The molecule has 1 aromatic carbocycles. The largest absolute Gasteiger partial charge is 0.492 e. The Morgan fingerprint density at radius 3 is 2.46 bits per heavy atom. The van der Waals surface area contributed by atoms with Gasteiger partial charge < -0.3 is 9.64 Å². The third kappa shape index (κ3) is 7.21. The Balaban J connectivity index is 0.00000196. The van der Waals surface area contributed by atoms with Crippen molar-refractivity contribution in [2.45, 2.75) is 11.7 Å². The molecule has 154 valence electrons. The molecule has 3 rings (SSSR count). The number of rotatable bonds is 8. The van der Waals surface area contributed by atoms with Gasteiger partial charge in [-0.15, -0.1) is 31.4 Å². The van der Waals surface area contributed by atoms with Gasteiger partial charge in [0.1, 0.15) is 18.2 Å². The number of pyridine rings is 1. The summed E-state index contributed by atoms with van der Waals surface area (Å²) in [7, 11) is 0. The van der Waals surface area contributed by atoms with Crippen LogP contribution in [0.4, 0.5) is 5.82 Å². The Morgan fingerprint density at radius 1 is 1.07 bits per heavy atom. The minimum atomic E-state index is 0. The summed E-state index contributed by atoms with van der Waals surface area (Å²) < 4.78 is 6.01. The highest BCUT2D eigenvalue weighted by atomic mass is 35.5. The van der Waals surface area contributed by atoms with Gasteiger partial charge >= 0.3 is 0 Å². The van der Waals surface area contributed by atoms with Gasteiger partial charge in [0.15, 0.2) is 0 Å². The SMILES string of the molecule is C=CCc1ccccc1OCC(S)CN1CCN(c2ccccn2)CC1.Cl.Cl. The average molecular weight is 442 g/mol. The van der Waals surface area contributed by atoms with Crippen molar-refractivity contribution in [3.05, 3.63) is 66.9 Å². The van der Waals surface area contributed by atoms with Crippen LogP contribution in [-0.4, -0.2) is 54.5 Å². The summed E-state index contributed by atoms with van der Waals surface area (Å²) in [5, 5.41) is 0.188. The number of piperazine rings is 1. The van der Waals surface area contributed by atoms with Crippen molar-refractivity contribution >= 4 is 43.3 Å². The van der Waals surface area contributed by atoms with Crippen LogP contribution in [0.15, 0.2) is 61.3 Å². The number of thiol groups is 1. The first-order valence-electron chi connectivity index (χ1n) is 9.14. The van der Waals surface area contributed by atoms with Gasteiger partial charge in [-0.25, -0.2) is 4.98 Å². The van der Waals surface area contributed by atoms with Gasteiger partial charge in [-0.3, -0.25) is 4.90 Å². The molecule has 0 spiro atoms. The molecule has 2 aromatic rings. The zero-order valence-electron chi connectivity index (χ0n) is 15.9. The number of hydrogen-bond acceptors (Lipinski definition) is 5. The van der Waals surface area contributed by atoms with E-state index in [1.807, 2.05) is 42.6 Å². The Bertz CT molecular complexity index is 697. The molecular weight excluding hydrogens is 413 g/mol. The predicted octanol–water partition coefficient (Wildman–Crippen LogP) is 4.15. The van der Waals surface area contributed by atoms with Gasteiger partial charge in [0.2, 0.25) is 0 Å². The minimum absolute atomic E-state index is 0. The smallest absolute Gasteiger partial charge is 0.128 e. The molecule has 0 aliphatic carbocycles. The summed E-state index contributed by atoms with van der Waals surface area (Å²) in [6.45, 7) is 9.41. The molecule has 1 saturated heterocycles. The number of anilines is 1. The number of halogens is 2. The second kappa shape index (κ2) is 12.9. The maximum atomic E-state index is 6.01. The van der Waals surface area contributed by atoms with E-state index in [0.717, 1.165) is 50.7 Å². The van der Waals surface area contributed by atoms with Gasteiger partial charge in [0.05, 0.1) is 0 Å². The number of para-hydroxylation sites is 1. The molecular formula is C21H29Cl2N3OS. The van der Waals surface area contributed by atoms with Crippen LogP contribution in [0, 0.1) is 0 Å².